The van der Waals surface area contributed by atoms with Gasteiger partial charge in [0.25, 0.3) is 5.91 Å². The molecular weight excluding hydrogens is 338 g/mol. The van der Waals surface area contributed by atoms with E-state index in [0.29, 0.717) is 34.4 Å². The topological polar surface area (TPSA) is 87.8 Å². The second-order valence-corrected chi connectivity index (χ2v) is 5.38. The van der Waals surface area contributed by atoms with Crippen LogP contribution in [0.5, 0.6) is 17.2 Å². The molecule has 26 heavy (non-hydrogen) atoms. The van der Waals surface area contributed by atoms with Crippen LogP contribution in [0.1, 0.15) is 10.5 Å². The van der Waals surface area contributed by atoms with Crippen molar-refractivity contribution in [2.24, 2.45) is 7.05 Å². The molecule has 0 bridgehead atoms. The van der Waals surface area contributed by atoms with E-state index < -0.39 is 0 Å². The molecule has 0 aliphatic rings. The molecule has 1 N–H and O–H groups in total. The normalized spacial score (nSPS) is 10.5. The number of carbonyl (C=O) groups is 1. The van der Waals surface area contributed by atoms with Crippen molar-refractivity contribution in [2.45, 2.75) is 0 Å². The first kappa shape index (κ1) is 17.4. The van der Waals surface area contributed by atoms with Gasteiger partial charge in [0, 0.05) is 30.9 Å². The van der Waals surface area contributed by atoms with Crippen LogP contribution in [0.2, 0.25) is 0 Å². The van der Waals surface area contributed by atoms with Crippen molar-refractivity contribution in [1.29, 1.82) is 0 Å². The Bertz CT molecular complexity index is 890. The molecule has 2 aromatic heterocycles. The minimum absolute atomic E-state index is 0.257. The molecule has 0 fully saturated rings. The molecule has 0 saturated carbocycles. The summed E-state index contributed by atoms with van der Waals surface area (Å²) in [6.45, 7) is 0. The number of furan rings is 1. The van der Waals surface area contributed by atoms with E-state index in [1.54, 1.807) is 48.3 Å². The van der Waals surface area contributed by atoms with Crippen LogP contribution in [0.15, 0.2) is 41.0 Å². The molecular formula is C18H19N3O5. The first-order chi connectivity index (χ1) is 12.6. The largest absolute Gasteiger partial charge is 0.493 e. The van der Waals surface area contributed by atoms with E-state index in [1.165, 1.54) is 21.3 Å². The fourth-order valence-corrected chi connectivity index (χ4v) is 2.58. The van der Waals surface area contributed by atoms with Crippen molar-refractivity contribution in [2.75, 3.05) is 26.6 Å². The van der Waals surface area contributed by atoms with Crippen molar-refractivity contribution in [3.05, 3.63) is 42.3 Å². The van der Waals surface area contributed by atoms with E-state index in [2.05, 4.69) is 10.4 Å². The van der Waals surface area contributed by atoms with Gasteiger partial charge in [-0.15, -0.1) is 0 Å². The number of amides is 1. The lowest BCUT2D eigenvalue weighted by Gasteiger charge is -2.14. The van der Waals surface area contributed by atoms with Gasteiger partial charge in [0.2, 0.25) is 5.75 Å². The monoisotopic (exact) mass is 357 g/mol. The average molecular weight is 357 g/mol. The molecule has 2 heterocycles. The minimum Gasteiger partial charge on any atom is -0.493 e. The van der Waals surface area contributed by atoms with Gasteiger partial charge in [0.05, 0.1) is 27.6 Å². The van der Waals surface area contributed by atoms with Gasteiger partial charge < -0.3 is 23.9 Å². The summed E-state index contributed by atoms with van der Waals surface area (Å²) in [5.41, 5.74) is 1.45. The molecule has 0 radical (unpaired) electrons. The Kier molecular flexibility index (Phi) is 4.83. The molecule has 3 rings (SSSR count). The Balaban J connectivity index is 1.88. The number of methoxy groups -OCH3 is 3. The molecule has 8 heteroatoms. The van der Waals surface area contributed by atoms with Gasteiger partial charge >= 0.3 is 0 Å². The molecule has 1 aromatic carbocycles. The van der Waals surface area contributed by atoms with Crippen molar-refractivity contribution >= 4 is 11.6 Å². The Morgan fingerprint density at radius 1 is 1.12 bits per heavy atom. The molecule has 0 atom stereocenters. The van der Waals surface area contributed by atoms with Gasteiger partial charge in [-0.2, -0.15) is 5.10 Å². The summed E-state index contributed by atoms with van der Waals surface area (Å²) in [7, 11) is 6.28. The SMILES string of the molecule is COc1cc(NC(=O)c2cc(-c3ccco3)n(C)n2)cc(OC)c1OC. The summed E-state index contributed by atoms with van der Waals surface area (Å²) >= 11 is 0. The maximum absolute atomic E-state index is 12.6. The van der Waals surface area contributed by atoms with Crippen molar-refractivity contribution < 1.29 is 23.4 Å². The molecule has 0 aliphatic heterocycles. The highest BCUT2D eigenvalue weighted by molar-refractivity contribution is 6.03. The number of hydrogen-bond acceptors (Lipinski definition) is 6. The number of rotatable bonds is 6. The third-order valence-corrected chi connectivity index (χ3v) is 3.81. The average Bonchev–Trinajstić information content (AvgIpc) is 3.30. The Morgan fingerprint density at radius 2 is 1.81 bits per heavy atom. The lowest BCUT2D eigenvalue weighted by molar-refractivity contribution is 0.102. The van der Waals surface area contributed by atoms with Gasteiger partial charge in [-0.1, -0.05) is 0 Å². The predicted molar refractivity (Wildman–Crippen MR) is 95.0 cm³/mol. The van der Waals surface area contributed by atoms with Crippen molar-refractivity contribution in [1.82, 2.24) is 9.78 Å². The van der Waals surface area contributed by atoms with E-state index >= 15 is 0 Å². The molecule has 136 valence electrons. The Hall–Kier alpha value is -3.42. The summed E-state index contributed by atoms with van der Waals surface area (Å²) in [4.78, 5) is 12.6. The summed E-state index contributed by atoms with van der Waals surface area (Å²) in [6, 6.07) is 8.54. The summed E-state index contributed by atoms with van der Waals surface area (Å²) in [6.07, 6.45) is 1.57. The number of anilines is 1. The zero-order valence-electron chi connectivity index (χ0n) is 14.9. The van der Waals surface area contributed by atoms with E-state index in [9.17, 15) is 4.79 Å². The zero-order chi connectivity index (χ0) is 18.7. The predicted octanol–water partition coefficient (Wildman–Crippen LogP) is 2.96. The van der Waals surface area contributed by atoms with Crippen LogP contribution in [0, 0.1) is 0 Å². The summed E-state index contributed by atoms with van der Waals surface area (Å²) in [5, 5.41) is 7.02. The minimum atomic E-state index is -0.368. The van der Waals surface area contributed by atoms with Crippen LogP contribution in [0.3, 0.4) is 0 Å². The fourth-order valence-electron chi connectivity index (χ4n) is 2.58. The van der Waals surface area contributed by atoms with Crippen molar-refractivity contribution in [3.8, 4) is 28.7 Å². The number of carbonyl (C=O) groups excluding carboxylic acids is 1. The number of nitrogens with one attached hydrogen (secondary N) is 1. The highest BCUT2D eigenvalue weighted by Crippen LogP contribution is 2.40. The number of aromatic nitrogens is 2. The van der Waals surface area contributed by atoms with E-state index in [1.807, 2.05) is 0 Å². The second kappa shape index (κ2) is 7.22. The van der Waals surface area contributed by atoms with Gasteiger partial charge in [-0.3, -0.25) is 9.48 Å². The summed E-state index contributed by atoms with van der Waals surface area (Å²) < 4.78 is 22.8. The van der Waals surface area contributed by atoms with Gasteiger partial charge in [-0.05, 0) is 12.1 Å². The molecule has 8 nitrogen and oxygen atoms in total. The van der Waals surface area contributed by atoms with Crippen molar-refractivity contribution in [3.63, 3.8) is 0 Å². The van der Waals surface area contributed by atoms with Crippen LogP contribution in [-0.4, -0.2) is 37.0 Å². The first-order valence-corrected chi connectivity index (χ1v) is 7.76. The number of ether oxygens (including phenoxy) is 3. The smallest absolute Gasteiger partial charge is 0.276 e. The van der Waals surface area contributed by atoms with Gasteiger partial charge in [-0.25, -0.2) is 0 Å². The molecule has 0 aliphatic carbocycles. The van der Waals surface area contributed by atoms with Gasteiger partial charge in [0.1, 0.15) is 5.69 Å². The molecule has 0 spiro atoms. The van der Waals surface area contributed by atoms with Crippen LogP contribution in [-0.2, 0) is 7.05 Å². The Labute approximate surface area is 150 Å². The van der Waals surface area contributed by atoms with Crippen LogP contribution < -0.4 is 19.5 Å². The zero-order valence-corrected chi connectivity index (χ0v) is 14.9. The first-order valence-electron chi connectivity index (χ1n) is 7.76. The molecule has 0 unspecified atom stereocenters. The Morgan fingerprint density at radius 3 is 2.35 bits per heavy atom. The fraction of sp³-hybridized carbons (Fsp3) is 0.222. The van der Waals surface area contributed by atoms with Crippen LogP contribution in [0.25, 0.3) is 11.5 Å². The third-order valence-electron chi connectivity index (χ3n) is 3.81. The standard InChI is InChI=1S/C18H19N3O5/c1-21-13(14-6-5-7-26-14)10-12(20-21)18(22)19-11-8-15(23-2)17(25-4)16(9-11)24-3/h5-10H,1-4H3,(H,19,22). The molecule has 0 saturated heterocycles. The number of aryl methyl sites for hydroxylation is 1. The maximum atomic E-state index is 12.6. The quantitative estimate of drug-likeness (QED) is 0.730. The highest BCUT2D eigenvalue weighted by atomic mass is 16.5. The lowest BCUT2D eigenvalue weighted by atomic mass is 10.2. The number of nitrogens with zero attached hydrogens (tertiary/aromatic N) is 2. The van der Waals surface area contributed by atoms with Gasteiger partial charge in [0.15, 0.2) is 23.0 Å². The number of hydrogen-bond donors (Lipinski definition) is 1. The lowest BCUT2D eigenvalue weighted by Crippen LogP contribution is -2.13. The summed E-state index contributed by atoms with van der Waals surface area (Å²) in [5.74, 6) is 1.60. The highest BCUT2D eigenvalue weighted by Gasteiger charge is 2.18. The molecule has 3 aromatic rings. The second-order valence-electron chi connectivity index (χ2n) is 5.38. The van der Waals surface area contributed by atoms with E-state index in [-0.39, 0.29) is 11.6 Å². The number of benzene rings is 1. The van der Waals surface area contributed by atoms with E-state index in [4.69, 9.17) is 18.6 Å². The maximum Gasteiger partial charge on any atom is 0.276 e. The molecule has 1 amide bonds. The van der Waals surface area contributed by atoms with Crippen LogP contribution >= 0.6 is 0 Å². The third kappa shape index (κ3) is 3.21. The van der Waals surface area contributed by atoms with Crippen LogP contribution in [0.4, 0.5) is 5.69 Å². The van der Waals surface area contributed by atoms with E-state index in [0.717, 1.165) is 0 Å².